The second kappa shape index (κ2) is 7.68. The van der Waals surface area contributed by atoms with Gasteiger partial charge in [0.05, 0.1) is 12.8 Å². The summed E-state index contributed by atoms with van der Waals surface area (Å²) in [6, 6.07) is 5.03. The summed E-state index contributed by atoms with van der Waals surface area (Å²) in [5.41, 5.74) is 12.5. The van der Waals surface area contributed by atoms with E-state index in [1.165, 1.54) is 13.3 Å². The lowest BCUT2D eigenvalue weighted by atomic mass is 10.2. The number of carbonyl (C=O) groups is 1. The predicted octanol–water partition coefficient (Wildman–Crippen LogP) is 2.19. The first-order valence-corrected chi connectivity index (χ1v) is 6.08. The third kappa shape index (κ3) is 4.20. The van der Waals surface area contributed by atoms with Crippen molar-refractivity contribution < 1.29 is 9.53 Å². The molecule has 0 atom stereocenters. The summed E-state index contributed by atoms with van der Waals surface area (Å²) in [7, 11) is 1.52. The smallest absolute Gasteiger partial charge is 0.255 e. The van der Waals surface area contributed by atoms with Crippen LogP contribution in [0.2, 0.25) is 0 Å². The fourth-order valence-electron chi connectivity index (χ4n) is 1.55. The highest BCUT2D eigenvalue weighted by molar-refractivity contribution is 6.06. The predicted molar refractivity (Wildman–Crippen MR) is 82.3 cm³/mol. The summed E-state index contributed by atoms with van der Waals surface area (Å²) >= 11 is 0. The first kappa shape index (κ1) is 15.4. The highest BCUT2D eigenvalue weighted by atomic mass is 16.5. The Hall–Kier alpha value is -2.69. The van der Waals surface area contributed by atoms with E-state index >= 15 is 0 Å². The van der Waals surface area contributed by atoms with Crippen LogP contribution in [-0.4, -0.2) is 13.0 Å². The summed E-state index contributed by atoms with van der Waals surface area (Å²) in [6.45, 7) is 1.83. The molecule has 5 N–H and O–H groups in total. The number of benzene rings is 1. The molecule has 1 aromatic carbocycles. The maximum Gasteiger partial charge on any atom is 0.255 e. The molecule has 1 rings (SSSR count). The first-order valence-electron chi connectivity index (χ1n) is 6.08. The van der Waals surface area contributed by atoms with Crippen molar-refractivity contribution in [2.24, 2.45) is 5.73 Å². The zero-order valence-electron chi connectivity index (χ0n) is 11.6. The molecule has 0 heterocycles. The number of nitrogen functional groups attached to an aromatic ring is 1. The number of methoxy groups -OCH3 is 1. The van der Waals surface area contributed by atoms with E-state index in [9.17, 15) is 4.79 Å². The van der Waals surface area contributed by atoms with Crippen LogP contribution in [0.3, 0.4) is 0 Å². The number of ether oxygens (including phenoxy) is 1. The van der Waals surface area contributed by atoms with Crippen molar-refractivity contribution in [1.29, 1.82) is 0 Å². The van der Waals surface area contributed by atoms with Crippen LogP contribution in [0, 0.1) is 0 Å². The van der Waals surface area contributed by atoms with Crippen LogP contribution in [0.15, 0.2) is 54.3 Å². The first-order chi connectivity index (χ1) is 9.62. The Bertz CT molecular complexity index is 560. The van der Waals surface area contributed by atoms with Crippen LogP contribution in [-0.2, 0) is 4.79 Å². The minimum absolute atomic E-state index is 0.260. The number of rotatable bonds is 5. The van der Waals surface area contributed by atoms with Gasteiger partial charge in [-0.1, -0.05) is 12.2 Å². The molecule has 0 fully saturated rings. The number of nitrogens with two attached hydrogens (primary N) is 2. The molecule has 106 valence electrons. The van der Waals surface area contributed by atoms with Crippen LogP contribution >= 0.6 is 0 Å². The van der Waals surface area contributed by atoms with Gasteiger partial charge in [-0.05, 0) is 37.4 Å². The average molecular weight is 273 g/mol. The molecule has 5 nitrogen and oxygen atoms in total. The quantitative estimate of drug-likeness (QED) is 0.436. The summed E-state index contributed by atoms with van der Waals surface area (Å²) in [6.07, 6.45) is 8.05. The number of amides is 1. The lowest BCUT2D eigenvalue weighted by Gasteiger charge is -2.11. The summed E-state index contributed by atoms with van der Waals surface area (Å²) in [5, 5.41) is 2.77. The largest absolute Gasteiger partial charge is 0.494 e. The number of hydrogen-bond acceptors (Lipinski definition) is 4. The molecule has 0 saturated heterocycles. The molecule has 0 aliphatic heterocycles. The van der Waals surface area contributed by atoms with Crippen molar-refractivity contribution in [3.05, 3.63) is 54.3 Å². The Morgan fingerprint density at radius 3 is 2.75 bits per heavy atom. The van der Waals surface area contributed by atoms with Gasteiger partial charge in [0.2, 0.25) is 0 Å². The maximum absolute atomic E-state index is 12.2. The highest BCUT2D eigenvalue weighted by Crippen LogP contribution is 2.27. The maximum atomic E-state index is 12.2. The number of carbonyl (C=O) groups excluding carboxylic acids is 1. The van der Waals surface area contributed by atoms with E-state index in [0.29, 0.717) is 22.7 Å². The molecule has 0 spiro atoms. The number of anilines is 2. The molecule has 0 saturated carbocycles. The Labute approximate surface area is 118 Å². The van der Waals surface area contributed by atoms with Gasteiger partial charge in [0.25, 0.3) is 5.91 Å². The fourth-order valence-corrected chi connectivity index (χ4v) is 1.55. The Kier molecular flexibility index (Phi) is 5.90. The van der Waals surface area contributed by atoms with Crippen LogP contribution < -0.4 is 21.5 Å². The van der Waals surface area contributed by atoms with E-state index in [-0.39, 0.29) is 5.91 Å². The van der Waals surface area contributed by atoms with E-state index in [4.69, 9.17) is 16.2 Å². The third-order valence-corrected chi connectivity index (χ3v) is 2.47. The van der Waals surface area contributed by atoms with Gasteiger partial charge >= 0.3 is 0 Å². The molecule has 0 aliphatic carbocycles. The Morgan fingerprint density at radius 1 is 1.40 bits per heavy atom. The van der Waals surface area contributed by atoms with Crippen molar-refractivity contribution in [2.75, 3.05) is 18.2 Å². The minimum atomic E-state index is -0.260. The monoisotopic (exact) mass is 273 g/mol. The lowest BCUT2D eigenvalue weighted by molar-refractivity contribution is -0.112. The second-order valence-corrected chi connectivity index (χ2v) is 3.92. The van der Waals surface area contributed by atoms with E-state index in [1.807, 2.05) is 6.92 Å². The summed E-state index contributed by atoms with van der Waals surface area (Å²) in [5.74, 6) is 0.247. The number of hydrogen-bond donors (Lipinski definition) is 3. The zero-order valence-corrected chi connectivity index (χ0v) is 11.6. The Balaban J connectivity index is 2.99. The molecular formula is C15H19N3O2. The van der Waals surface area contributed by atoms with Crippen LogP contribution in [0.25, 0.3) is 0 Å². The molecular weight excluding hydrogens is 254 g/mol. The molecule has 20 heavy (non-hydrogen) atoms. The van der Waals surface area contributed by atoms with E-state index < -0.39 is 0 Å². The van der Waals surface area contributed by atoms with Gasteiger partial charge in [-0.25, -0.2) is 0 Å². The van der Waals surface area contributed by atoms with Gasteiger partial charge in [-0.2, -0.15) is 0 Å². The van der Waals surface area contributed by atoms with Gasteiger partial charge in [-0.15, -0.1) is 0 Å². The number of allylic oxidation sites excluding steroid dienone is 3. The topological polar surface area (TPSA) is 90.4 Å². The zero-order chi connectivity index (χ0) is 15.0. The average Bonchev–Trinajstić information content (AvgIpc) is 2.45. The molecule has 0 aliphatic rings. The van der Waals surface area contributed by atoms with Gasteiger partial charge in [-0.3, -0.25) is 4.79 Å². The van der Waals surface area contributed by atoms with Crippen molar-refractivity contribution in [3.63, 3.8) is 0 Å². The summed E-state index contributed by atoms with van der Waals surface area (Å²) in [4.78, 5) is 12.2. The lowest BCUT2D eigenvalue weighted by Crippen LogP contribution is -2.14. The summed E-state index contributed by atoms with van der Waals surface area (Å²) < 4.78 is 5.18. The van der Waals surface area contributed by atoms with Gasteiger partial charge < -0.3 is 21.5 Å². The van der Waals surface area contributed by atoms with Crippen molar-refractivity contribution in [3.8, 4) is 5.75 Å². The standard InChI is InChI=1S/C15H19N3O2/c1-3-5-11(6-4-9-16)15(19)18-13-8-7-12(17)10-14(13)20-2/h3-10H,16-17H2,1-2H3,(H,18,19)/b5-3-,9-4+,11-6+. The van der Waals surface area contributed by atoms with Gasteiger partial charge in [0.1, 0.15) is 5.75 Å². The van der Waals surface area contributed by atoms with E-state index in [2.05, 4.69) is 5.32 Å². The van der Waals surface area contributed by atoms with E-state index in [0.717, 1.165) is 0 Å². The molecule has 5 heteroatoms. The van der Waals surface area contributed by atoms with Gasteiger partial charge in [0, 0.05) is 17.3 Å². The fraction of sp³-hybridized carbons (Fsp3) is 0.133. The van der Waals surface area contributed by atoms with E-state index in [1.54, 1.807) is 42.5 Å². The van der Waals surface area contributed by atoms with Crippen LogP contribution in [0.1, 0.15) is 6.92 Å². The molecule has 1 amide bonds. The van der Waals surface area contributed by atoms with Crippen molar-refractivity contribution >= 4 is 17.3 Å². The van der Waals surface area contributed by atoms with Crippen LogP contribution in [0.5, 0.6) is 5.75 Å². The number of nitrogens with one attached hydrogen (secondary N) is 1. The molecule has 1 aromatic rings. The Morgan fingerprint density at radius 2 is 2.15 bits per heavy atom. The SMILES string of the molecule is C\C=C/C(=C\C=C\N)C(=O)Nc1ccc(N)cc1OC. The van der Waals surface area contributed by atoms with Crippen LogP contribution in [0.4, 0.5) is 11.4 Å². The molecule has 0 aromatic heterocycles. The van der Waals surface area contributed by atoms with Crippen molar-refractivity contribution in [2.45, 2.75) is 6.92 Å². The molecule has 0 bridgehead atoms. The third-order valence-electron chi connectivity index (χ3n) is 2.47. The van der Waals surface area contributed by atoms with Crippen molar-refractivity contribution in [1.82, 2.24) is 0 Å². The normalized spacial score (nSPS) is 12.0. The highest BCUT2D eigenvalue weighted by Gasteiger charge is 2.10. The minimum Gasteiger partial charge on any atom is -0.494 e. The second-order valence-electron chi connectivity index (χ2n) is 3.92. The van der Waals surface area contributed by atoms with Gasteiger partial charge in [0.15, 0.2) is 0 Å². The molecule has 0 unspecified atom stereocenters. The molecule has 0 radical (unpaired) electrons.